The summed E-state index contributed by atoms with van der Waals surface area (Å²) in [6, 6.07) is 0.555. The monoisotopic (exact) mass is 279 g/mol. The fourth-order valence-electron chi connectivity index (χ4n) is 0.928. The van der Waals surface area contributed by atoms with Crippen LogP contribution in [0.15, 0.2) is 12.4 Å². The van der Waals surface area contributed by atoms with E-state index in [0.29, 0.717) is 6.04 Å². The zero-order valence-corrected chi connectivity index (χ0v) is 9.58. The highest BCUT2D eigenvalue weighted by Crippen LogP contribution is 2.00. The molecule has 0 amide bonds. The molecule has 0 aliphatic rings. The summed E-state index contributed by atoms with van der Waals surface area (Å²) >= 11 is 2.26. The summed E-state index contributed by atoms with van der Waals surface area (Å²) < 4.78 is 3.15. The molecule has 1 N–H and O–H groups in total. The number of halogens is 1. The summed E-state index contributed by atoms with van der Waals surface area (Å²) in [6.45, 7) is 6.22. The Kier molecular flexibility index (Phi) is 4.00. The number of hydrogen-bond donors (Lipinski definition) is 1. The third-order valence-electron chi connectivity index (χ3n) is 1.50. The molecule has 4 heteroatoms. The van der Waals surface area contributed by atoms with Crippen LogP contribution in [0.1, 0.15) is 13.8 Å². The van der Waals surface area contributed by atoms with E-state index in [1.165, 1.54) is 3.57 Å². The van der Waals surface area contributed by atoms with Gasteiger partial charge in [0.25, 0.3) is 0 Å². The highest BCUT2D eigenvalue weighted by Gasteiger charge is 1.95. The summed E-state index contributed by atoms with van der Waals surface area (Å²) in [5.74, 6) is 0. The van der Waals surface area contributed by atoms with Crippen LogP contribution >= 0.6 is 22.6 Å². The fraction of sp³-hybridized carbons (Fsp3) is 0.625. The van der Waals surface area contributed by atoms with Crippen LogP contribution in [0.5, 0.6) is 0 Å². The van der Waals surface area contributed by atoms with Crippen molar-refractivity contribution in [3.63, 3.8) is 0 Å². The number of aromatic nitrogens is 2. The Morgan fingerprint density at radius 2 is 2.42 bits per heavy atom. The SMILES string of the molecule is CC(C)NCCn1cc(I)cn1. The third kappa shape index (κ3) is 3.53. The standard InChI is InChI=1S/C8H14IN3/c1-7(2)10-3-4-12-6-8(9)5-11-12/h5-7,10H,3-4H2,1-2H3. The van der Waals surface area contributed by atoms with Crippen molar-refractivity contribution >= 4 is 22.6 Å². The molecule has 0 aliphatic heterocycles. The van der Waals surface area contributed by atoms with Gasteiger partial charge in [0.1, 0.15) is 0 Å². The molecule has 0 spiro atoms. The van der Waals surface area contributed by atoms with Gasteiger partial charge in [-0.2, -0.15) is 5.10 Å². The average molecular weight is 279 g/mol. The van der Waals surface area contributed by atoms with E-state index in [4.69, 9.17) is 0 Å². The number of nitrogens with zero attached hydrogens (tertiary/aromatic N) is 2. The molecule has 1 aromatic heterocycles. The lowest BCUT2D eigenvalue weighted by molar-refractivity contribution is 0.515. The first-order chi connectivity index (χ1) is 5.68. The first kappa shape index (κ1) is 9.98. The van der Waals surface area contributed by atoms with E-state index < -0.39 is 0 Å². The molecule has 0 radical (unpaired) electrons. The van der Waals surface area contributed by atoms with Crippen molar-refractivity contribution in [1.29, 1.82) is 0 Å². The number of nitrogens with one attached hydrogen (secondary N) is 1. The Labute approximate surface area is 86.7 Å². The van der Waals surface area contributed by atoms with Gasteiger partial charge in [0.05, 0.1) is 16.3 Å². The van der Waals surface area contributed by atoms with Crippen LogP contribution in [0, 0.1) is 3.57 Å². The van der Waals surface area contributed by atoms with E-state index in [1.54, 1.807) is 0 Å². The van der Waals surface area contributed by atoms with Crippen LogP contribution < -0.4 is 5.32 Å². The zero-order chi connectivity index (χ0) is 8.97. The van der Waals surface area contributed by atoms with E-state index in [-0.39, 0.29) is 0 Å². The van der Waals surface area contributed by atoms with E-state index in [2.05, 4.69) is 46.9 Å². The molecule has 0 fully saturated rings. The Bertz CT molecular complexity index is 232. The van der Waals surface area contributed by atoms with E-state index in [0.717, 1.165) is 13.1 Å². The highest BCUT2D eigenvalue weighted by atomic mass is 127. The largest absolute Gasteiger partial charge is 0.313 e. The van der Waals surface area contributed by atoms with Crippen molar-refractivity contribution < 1.29 is 0 Å². The summed E-state index contributed by atoms with van der Waals surface area (Å²) in [7, 11) is 0. The van der Waals surface area contributed by atoms with Crippen LogP contribution in [-0.2, 0) is 6.54 Å². The first-order valence-electron chi connectivity index (χ1n) is 4.10. The minimum Gasteiger partial charge on any atom is -0.313 e. The Hall–Kier alpha value is -0.100. The molecule has 1 rings (SSSR count). The van der Waals surface area contributed by atoms with E-state index >= 15 is 0 Å². The first-order valence-corrected chi connectivity index (χ1v) is 5.17. The molecule has 0 unspecified atom stereocenters. The maximum atomic E-state index is 4.18. The van der Waals surface area contributed by atoms with Crippen molar-refractivity contribution in [2.24, 2.45) is 0 Å². The molecule has 3 nitrogen and oxygen atoms in total. The second-order valence-electron chi connectivity index (χ2n) is 3.03. The normalized spacial score (nSPS) is 11.0. The minimum absolute atomic E-state index is 0.555. The summed E-state index contributed by atoms with van der Waals surface area (Å²) in [4.78, 5) is 0. The molecule has 0 saturated heterocycles. The predicted molar refractivity (Wildman–Crippen MR) is 58.1 cm³/mol. The summed E-state index contributed by atoms with van der Waals surface area (Å²) in [5, 5.41) is 7.52. The predicted octanol–water partition coefficient (Wildman–Crippen LogP) is 1.49. The molecule has 12 heavy (non-hydrogen) atoms. The third-order valence-corrected chi connectivity index (χ3v) is 2.05. The van der Waals surface area contributed by atoms with Crippen LogP contribution in [0.4, 0.5) is 0 Å². The van der Waals surface area contributed by atoms with Gasteiger partial charge in [-0.1, -0.05) is 13.8 Å². The van der Waals surface area contributed by atoms with Crippen molar-refractivity contribution in [2.45, 2.75) is 26.4 Å². The molecule has 0 aromatic carbocycles. The lowest BCUT2D eigenvalue weighted by atomic mass is 10.4. The maximum Gasteiger partial charge on any atom is 0.0623 e. The van der Waals surface area contributed by atoms with Gasteiger partial charge in [-0.05, 0) is 22.6 Å². The van der Waals surface area contributed by atoms with Gasteiger partial charge < -0.3 is 5.32 Å². The van der Waals surface area contributed by atoms with Crippen molar-refractivity contribution in [1.82, 2.24) is 15.1 Å². The quantitative estimate of drug-likeness (QED) is 0.846. The van der Waals surface area contributed by atoms with Gasteiger partial charge in [0.15, 0.2) is 0 Å². The Morgan fingerprint density at radius 3 is 2.92 bits per heavy atom. The number of rotatable bonds is 4. The van der Waals surface area contributed by atoms with Gasteiger partial charge >= 0.3 is 0 Å². The molecule has 0 saturated carbocycles. The summed E-state index contributed by atoms with van der Waals surface area (Å²) in [6.07, 6.45) is 3.92. The Balaban J connectivity index is 2.24. The second kappa shape index (κ2) is 4.81. The van der Waals surface area contributed by atoms with Crippen LogP contribution in [0.25, 0.3) is 0 Å². The van der Waals surface area contributed by atoms with Crippen LogP contribution in [-0.4, -0.2) is 22.4 Å². The molecule has 1 aromatic rings. The van der Waals surface area contributed by atoms with Crippen molar-refractivity contribution in [3.8, 4) is 0 Å². The Morgan fingerprint density at radius 1 is 1.67 bits per heavy atom. The molecular formula is C8H14IN3. The average Bonchev–Trinajstić information content (AvgIpc) is 2.35. The lowest BCUT2D eigenvalue weighted by Gasteiger charge is -2.07. The van der Waals surface area contributed by atoms with Gasteiger partial charge in [0.2, 0.25) is 0 Å². The zero-order valence-electron chi connectivity index (χ0n) is 7.42. The number of hydrogen-bond acceptors (Lipinski definition) is 2. The molecule has 1 heterocycles. The van der Waals surface area contributed by atoms with Gasteiger partial charge in [-0.3, -0.25) is 4.68 Å². The van der Waals surface area contributed by atoms with Crippen molar-refractivity contribution in [2.75, 3.05) is 6.54 Å². The van der Waals surface area contributed by atoms with Crippen molar-refractivity contribution in [3.05, 3.63) is 16.0 Å². The fourth-order valence-corrected chi connectivity index (χ4v) is 1.37. The van der Waals surface area contributed by atoms with Crippen LogP contribution in [0.3, 0.4) is 0 Å². The topological polar surface area (TPSA) is 29.9 Å². The molecule has 0 aliphatic carbocycles. The highest BCUT2D eigenvalue weighted by molar-refractivity contribution is 14.1. The summed E-state index contributed by atoms with van der Waals surface area (Å²) in [5.41, 5.74) is 0. The molecule has 68 valence electrons. The van der Waals surface area contributed by atoms with Gasteiger partial charge in [-0.25, -0.2) is 0 Å². The van der Waals surface area contributed by atoms with E-state index in [1.807, 2.05) is 17.1 Å². The molecular weight excluding hydrogens is 265 g/mol. The minimum atomic E-state index is 0.555. The van der Waals surface area contributed by atoms with Gasteiger partial charge in [-0.15, -0.1) is 0 Å². The molecule has 0 atom stereocenters. The lowest BCUT2D eigenvalue weighted by Crippen LogP contribution is -2.26. The molecule has 0 bridgehead atoms. The maximum absolute atomic E-state index is 4.18. The van der Waals surface area contributed by atoms with Gasteiger partial charge in [0, 0.05) is 18.8 Å². The second-order valence-corrected chi connectivity index (χ2v) is 4.28. The smallest absolute Gasteiger partial charge is 0.0623 e. The van der Waals surface area contributed by atoms with Crippen LogP contribution in [0.2, 0.25) is 0 Å². The van der Waals surface area contributed by atoms with E-state index in [9.17, 15) is 0 Å².